The number of carbonyl (C=O) groups excluding carboxylic acids is 2. The van der Waals surface area contributed by atoms with Gasteiger partial charge in [-0.1, -0.05) is 32.0 Å². The summed E-state index contributed by atoms with van der Waals surface area (Å²) >= 11 is 0. The molecule has 6 heteroatoms. The van der Waals surface area contributed by atoms with Crippen LogP contribution in [0.2, 0.25) is 0 Å². The highest BCUT2D eigenvalue weighted by Crippen LogP contribution is 2.41. The van der Waals surface area contributed by atoms with Gasteiger partial charge >= 0.3 is 0 Å². The molecule has 2 aromatic rings. The first kappa shape index (κ1) is 20.0. The molecule has 0 aliphatic heterocycles. The lowest BCUT2D eigenvalue weighted by atomic mass is 10.0. The van der Waals surface area contributed by atoms with E-state index in [2.05, 4.69) is 10.3 Å². The van der Waals surface area contributed by atoms with Crippen LogP contribution in [0.5, 0.6) is 0 Å². The van der Waals surface area contributed by atoms with Gasteiger partial charge in [0.2, 0.25) is 5.91 Å². The quantitative estimate of drug-likeness (QED) is 0.733. The van der Waals surface area contributed by atoms with E-state index < -0.39 is 17.9 Å². The second-order valence-corrected chi connectivity index (χ2v) is 7.87. The largest absolute Gasteiger partial charge is 0.368 e. The topological polar surface area (TPSA) is 85.1 Å². The van der Waals surface area contributed by atoms with Crippen LogP contribution >= 0.6 is 0 Å². The summed E-state index contributed by atoms with van der Waals surface area (Å²) < 4.78 is 13.2. The number of halogens is 1. The zero-order valence-electron chi connectivity index (χ0n) is 16.2. The van der Waals surface area contributed by atoms with E-state index in [-0.39, 0.29) is 17.4 Å². The van der Waals surface area contributed by atoms with Crippen LogP contribution in [-0.4, -0.2) is 22.8 Å². The molecule has 1 aromatic carbocycles. The average molecular weight is 383 g/mol. The number of rotatable bonds is 8. The predicted molar refractivity (Wildman–Crippen MR) is 105 cm³/mol. The standard InChI is InChI=1S/C22H26FN3O2/c1-13(2)11-20(21(24)27)26-22(28)18-10-9-17(15-5-6-15)19(25-18)12-14-3-7-16(23)8-4-14/h3-4,7-10,13,15,20H,5-6,11-12H2,1-2H3,(H2,24,27)(H,26,28)/t20-/m0/s1. The SMILES string of the molecule is CC(C)C[C@H](NC(=O)c1ccc(C2CC2)c(Cc2ccc(F)cc2)n1)C(N)=O. The summed E-state index contributed by atoms with van der Waals surface area (Å²) in [5, 5.41) is 2.70. The van der Waals surface area contributed by atoms with Gasteiger partial charge in [-0.3, -0.25) is 9.59 Å². The highest BCUT2D eigenvalue weighted by Gasteiger charge is 2.28. The molecule has 1 aromatic heterocycles. The van der Waals surface area contributed by atoms with Gasteiger partial charge in [0.05, 0.1) is 0 Å². The molecule has 1 aliphatic carbocycles. The number of hydrogen-bond donors (Lipinski definition) is 2. The number of carbonyl (C=O) groups is 2. The molecule has 3 rings (SSSR count). The zero-order chi connectivity index (χ0) is 20.3. The Balaban J connectivity index is 1.82. The summed E-state index contributed by atoms with van der Waals surface area (Å²) in [7, 11) is 0. The normalized spacial score (nSPS) is 14.7. The maximum absolute atomic E-state index is 13.2. The van der Waals surface area contributed by atoms with Crippen LogP contribution in [0.25, 0.3) is 0 Å². The fraction of sp³-hybridized carbons (Fsp3) is 0.409. The highest BCUT2D eigenvalue weighted by molar-refractivity contribution is 5.95. The third-order valence-corrected chi connectivity index (χ3v) is 4.90. The minimum Gasteiger partial charge on any atom is -0.368 e. The van der Waals surface area contributed by atoms with Gasteiger partial charge < -0.3 is 11.1 Å². The van der Waals surface area contributed by atoms with Crippen molar-refractivity contribution in [3.8, 4) is 0 Å². The lowest BCUT2D eigenvalue weighted by Crippen LogP contribution is -2.45. The Morgan fingerprint density at radius 1 is 1.18 bits per heavy atom. The van der Waals surface area contributed by atoms with Crippen molar-refractivity contribution in [2.24, 2.45) is 11.7 Å². The molecule has 0 spiro atoms. The molecule has 1 atom stereocenters. The maximum atomic E-state index is 13.2. The molecule has 0 bridgehead atoms. The summed E-state index contributed by atoms with van der Waals surface area (Å²) in [5.74, 6) is -0.554. The van der Waals surface area contributed by atoms with Gasteiger partial charge in [-0.15, -0.1) is 0 Å². The van der Waals surface area contributed by atoms with E-state index in [4.69, 9.17) is 5.73 Å². The number of amides is 2. The first-order valence-electron chi connectivity index (χ1n) is 9.68. The van der Waals surface area contributed by atoms with Crippen LogP contribution in [0.15, 0.2) is 36.4 Å². The van der Waals surface area contributed by atoms with Crippen LogP contribution in [-0.2, 0) is 11.2 Å². The van der Waals surface area contributed by atoms with Gasteiger partial charge in [0.15, 0.2) is 0 Å². The van der Waals surface area contributed by atoms with E-state index in [1.165, 1.54) is 12.1 Å². The van der Waals surface area contributed by atoms with Crippen LogP contribution in [0.3, 0.4) is 0 Å². The molecule has 3 N–H and O–H groups in total. The Morgan fingerprint density at radius 3 is 2.43 bits per heavy atom. The minimum absolute atomic E-state index is 0.219. The van der Waals surface area contributed by atoms with Crippen molar-refractivity contribution in [1.29, 1.82) is 0 Å². The Hall–Kier alpha value is -2.76. The second-order valence-electron chi connectivity index (χ2n) is 7.87. The Kier molecular flexibility index (Phi) is 6.07. The minimum atomic E-state index is -0.724. The Bertz CT molecular complexity index is 861. The van der Waals surface area contributed by atoms with E-state index in [9.17, 15) is 14.0 Å². The van der Waals surface area contributed by atoms with Crippen LogP contribution in [0.4, 0.5) is 4.39 Å². The third-order valence-electron chi connectivity index (χ3n) is 4.90. The molecule has 2 amide bonds. The number of nitrogens with one attached hydrogen (secondary N) is 1. The average Bonchev–Trinajstić information content (AvgIpc) is 3.47. The van der Waals surface area contributed by atoms with Gasteiger partial charge in [-0.2, -0.15) is 0 Å². The highest BCUT2D eigenvalue weighted by atomic mass is 19.1. The molecule has 0 radical (unpaired) electrons. The van der Waals surface area contributed by atoms with Crippen molar-refractivity contribution in [3.63, 3.8) is 0 Å². The summed E-state index contributed by atoms with van der Waals surface area (Å²) in [4.78, 5) is 28.9. The van der Waals surface area contributed by atoms with Gasteiger partial charge in [0.25, 0.3) is 5.91 Å². The van der Waals surface area contributed by atoms with Crippen molar-refractivity contribution < 1.29 is 14.0 Å². The molecule has 0 saturated heterocycles. The van der Waals surface area contributed by atoms with Crippen LogP contribution in [0.1, 0.15) is 66.3 Å². The van der Waals surface area contributed by atoms with E-state index in [0.717, 1.165) is 29.7 Å². The zero-order valence-corrected chi connectivity index (χ0v) is 16.2. The third kappa shape index (κ3) is 5.15. The molecule has 1 aliphatic rings. The molecular weight excluding hydrogens is 357 g/mol. The maximum Gasteiger partial charge on any atom is 0.270 e. The molecule has 28 heavy (non-hydrogen) atoms. The van der Waals surface area contributed by atoms with Gasteiger partial charge in [0.1, 0.15) is 17.6 Å². The van der Waals surface area contributed by atoms with Crippen LogP contribution in [0, 0.1) is 11.7 Å². The summed E-state index contributed by atoms with van der Waals surface area (Å²) in [5.41, 5.74) is 8.57. The number of nitrogens with two attached hydrogens (primary N) is 1. The van der Waals surface area contributed by atoms with E-state index in [1.54, 1.807) is 18.2 Å². The second kappa shape index (κ2) is 8.50. The Labute approximate surface area is 164 Å². The van der Waals surface area contributed by atoms with Gasteiger partial charge in [0, 0.05) is 12.1 Å². The summed E-state index contributed by atoms with van der Waals surface area (Å²) in [6.07, 6.45) is 3.23. The van der Waals surface area contributed by atoms with Crippen LogP contribution < -0.4 is 11.1 Å². The predicted octanol–water partition coefficient (Wildman–Crippen LogP) is 3.32. The summed E-state index contributed by atoms with van der Waals surface area (Å²) in [6.45, 7) is 3.93. The van der Waals surface area contributed by atoms with Crippen molar-refractivity contribution in [2.45, 2.75) is 51.5 Å². The van der Waals surface area contributed by atoms with E-state index in [1.807, 2.05) is 19.9 Å². The smallest absolute Gasteiger partial charge is 0.270 e. The van der Waals surface area contributed by atoms with Crippen molar-refractivity contribution in [1.82, 2.24) is 10.3 Å². The number of primary amides is 1. The van der Waals surface area contributed by atoms with Crippen molar-refractivity contribution >= 4 is 11.8 Å². The van der Waals surface area contributed by atoms with E-state index in [0.29, 0.717) is 18.8 Å². The number of pyridine rings is 1. The number of benzene rings is 1. The summed E-state index contributed by atoms with van der Waals surface area (Å²) in [6, 6.07) is 9.22. The fourth-order valence-corrected chi connectivity index (χ4v) is 3.29. The Morgan fingerprint density at radius 2 is 1.86 bits per heavy atom. The first-order chi connectivity index (χ1) is 13.3. The molecule has 1 fully saturated rings. The molecule has 1 heterocycles. The van der Waals surface area contributed by atoms with E-state index >= 15 is 0 Å². The van der Waals surface area contributed by atoms with Gasteiger partial charge in [-0.25, -0.2) is 9.37 Å². The number of nitrogens with zero attached hydrogens (tertiary/aromatic N) is 1. The molecule has 1 saturated carbocycles. The van der Waals surface area contributed by atoms with Crippen molar-refractivity contribution in [3.05, 3.63) is 64.7 Å². The molecular formula is C22H26FN3O2. The number of aromatic nitrogens is 1. The number of hydrogen-bond acceptors (Lipinski definition) is 3. The molecule has 5 nitrogen and oxygen atoms in total. The van der Waals surface area contributed by atoms with Gasteiger partial charge in [-0.05, 0) is 60.4 Å². The lowest BCUT2D eigenvalue weighted by molar-refractivity contribution is -0.120. The fourth-order valence-electron chi connectivity index (χ4n) is 3.29. The first-order valence-corrected chi connectivity index (χ1v) is 9.68. The molecule has 0 unspecified atom stereocenters. The van der Waals surface area contributed by atoms with Crippen molar-refractivity contribution in [2.75, 3.05) is 0 Å². The lowest BCUT2D eigenvalue weighted by Gasteiger charge is -2.18. The monoisotopic (exact) mass is 383 g/mol. The molecule has 148 valence electrons.